The van der Waals surface area contributed by atoms with Gasteiger partial charge in [0, 0.05) is 29.0 Å². The first-order valence-corrected chi connectivity index (χ1v) is 5.93. The van der Waals surface area contributed by atoms with E-state index in [1.54, 1.807) is 0 Å². The maximum atomic E-state index is 8.62. The molecule has 0 saturated heterocycles. The molecule has 15 heavy (non-hydrogen) atoms. The van der Waals surface area contributed by atoms with E-state index in [0.717, 1.165) is 41.7 Å². The molecule has 3 nitrogen and oxygen atoms in total. The minimum Gasteiger partial charge on any atom is -0.399 e. The first-order chi connectivity index (χ1) is 7.24. The van der Waals surface area contributed by atoms with Crippen LogP contribution in [-0.4, -0.2) is 18.3 Å². The first kappa shape index (κ1) is 12.3. The number of nitrogens with one attached hydrogen (secondary N) is 1. The molecule has 0 amide bonds. The summed E-state index contributed by atoms with van der Waals surface area (Å²) in [6.45, 7) is 1.20. The highest BCUT2D eigenvalue weighted by atomic mass is 79.9. The van der Waals surface area contributed by atoms with Gasteiger partial charge in [0.15, 0.2) is 0 Å². The molecule has 0 radical (unpaired) electrons. The van der Waals surface area contributed by atoms with Crippen LogP contribution in [0.15, 0.2) is 22.7 Å². The summed E-state index contributed by atoms with van der Waals surface area (Å²) in [5.74, 6) is 0. The van der Waals surface area contributed by atoms with Crippen LogP contribution < -0.4 is 11.1 Å². The van der Waals surface area contributed by atoms with Gasteiger partial charge in [0.2, 0.25) is 0 Å². The van der Waals surface area contributed by atoms with Crippen LogP contribution in [-0.2, 0) is 0 Å². The predicted molar refractivity (Wildman–Crippen MR) is 68.0 cm³/mol. The molecule has 0 saturated carbocycles. The van der Waals surface area contributed by atoms with Crippen LogP contribution in [0.4, 0.5) is 11.4 Å². The number of unbranched alkanes of at least 4 members (excludes halogenated alkanes) is 2. The van der Waals surface area contributed by atoms with Gasteiger partial charge in [-0.1, -0.05) is 0 Å². The van der Waals surface area contributed by atoms with Gasteiger partial charge in [0.1, 0.15) is 0 Å². The fraction of sp³-hybridized carbons (Fsp3) is 0.455. The second-order valence-corrected chi connectivity index (χ2v) is 4.30. The third kappa shape index (κ3) is 4.53. The highest BCUT2D eigenvalue weighted by Gasteiger charge is 1.98. The molecule has 1 aromatic rings. The summed E-state index contributed by atoms with van der Waals surface area (Å²) in [5, 5.41) is 11.9. The van der Waals surface area contributed by atoms with Gasteiger partial charge in [-0.2, -0.15) is 0 Å². The number of nitrogen functional groups attached to an aromatic ring is 1. The van der Waals surface area contributed by atoms with E-state index >= 15 is 0 Å². The zero-order valence-corrected chi connectivity index (χ0v) is 10.3. The zero-order chi connectivity index (χ0) is 11.1. The molecular weight excluding hydrogens is 256 g/mol. The Bertz CT molecular complexity index is 305. The Hall–Kier alpha value is -0.740. The van der Waals surface area contributed by atoms with Crippen molar-refractivity contribution < 1.29 is 5.11 Å². The summed E-state index contributed by atoms with van der Waals surface area (Å²) < 4.78 is 0.990. The molecule has 0 aliphatic heterocycles. The number of nitrogens with two attached hydrogens (primary N) is 1. The normalized spacial score (nSPS) is 10.3. The molecule has 0 fully saturated rings. The maximum absolute atomic E-state index is 8.62. The first-order valence-electron chi connectivity index (χ1n) is 5.14. The van der Waals surface area contributed by atoms with E-state index in [1.165, 1.54) is 0 Å². The lowest BCUT2D eigenvalue weighted by Crippen LogP contribution is -2.02. The van der Waals surface area contributed by atoms with Crippen LogP contribution in [0.2, 0.25) is 0 Å². The zero-order valence-electron chi connectivity index (χ0n) is 8.67. The lowest BCUT2D eigenvalue weighted by molar-refractivity contribution is 0.283. The van der Waals surface area contributed by atoms with Gasteiger partial charge in [0.05, 0.1) is 0 Å². The van der Waals surface area contributed by atoms with Crippen molar-refractivity contribution in [3.8, 4) is 0 Å². The summed E-state index contributed by atoms with van der Waals surface area (Å²) in [6.07, 6.45) is 3.00. The number of rotatable bonds is 6. The van der Waals surface area contributed by atoms with E-state index in [-0.39, 0.29) is 6.61 Å². The van der Waals surface area contributed by atoms with Gasteiger partial charge in [-0.05, 0) is 53.4 Å². The molecule has 0 spiro atoms. The number of aliphatic hydroxyl groups excluding tert-OH is 1. The average molecular weight is 273 g/mol. The molecule has 0 heterocycles. The number of aliphatic hydroxyl groups is 1. The van der Waals surface area contributed by atoms with Crippen LogP contribution in [0.1, 0.15) is 19.3 Å². The predicted octanol–water partition coefficient (Wildman–Crippen LogP) is 2.61. The lowest BCUT2D eigenvalue weighted by Gasteiger charge is -2.08. The quantitative estimate of drug-likeness (QED) is 0.551. The van der Waals surface area contributed by atoms with E-state index in [4.69, 9.17) is 10.8 Å². The molecule has 0 aliphatic carbocycles. The number of benzene rings is 1. The van der Waals surface area contributed by atoms with Crippen LogP contribution in [0.25, 0.3) is 0 Å². The highest BCUT2D eigenvalue weighted by molar-refractivity contribution is 9.10. The van der Waals surface area contributed by atoms with Crippen LogP contribution in [0.3, 0.4) is 0 Å². The maximum Gasteiger partial charge on any atom is 0.0486 e. The Morgan fingerprint density at radius 2 is 2.07 bits per heavy atom. The summed E-state index contributed by atoms with van der Waals surface area (Å²) in [6, 6.07) is 5.72. The second-order valence-electron chi connectivity index (χ2n) is 3.45. The minimum atomic E-state index is 0.283. The number of anilines is 2. The van der Waals surface area contributed by atoms with Crippen molar-refractivity contribution in [3.63, 3.8) is 0 Å². The smallest absolute Gasteiger partial charge is 0.0486 e. The average Bonchev–Trinajstić information content (AvgIpc) is 2.20. The largest absolute Gasteiger partial charge is 0.399 e. The summed E-state index contributed by atoms with van der Waals surface area (Å²) in [7, 11) is 0. The topological polar surface area (TPSA) is 58.3 Å². The molecule has 4 heteroatoms. The Balaban J connectivity index is 2.31. The monoisotopic (exact) mass is 272 g/mol. The van der Waals surface area contributed by atoms with Crippen molar-refractivity contribution in [3.05, 3.63) is 22.7 Å². The van der Waals surface area contributed by atoms with E-state index in [0.29, 0.717) is 0 Å². The van der Waals surface area contributed by atoms with E-state index in [2.05, 4.69) is 21.2 Å². The number of hydrogen-bond acceptors (Lipinski definition) is 3. The number of hydrogen-bond donors (Lipinski definition) is 3. The second kappa shape index (κ2) is 6.69. The van der Waals surface area contributed by atoms with E-state index in [1.807, 2.05) is 18.2 Å². The fourth-order valence-electron chi connectivity index (χ4n) is 1.31. The Morgan fingerprint density at radius 1 is 1.27 bits per heavy atom. The standard InChI is InChI=1S/C11H17BrN2O/c12-10-8-9(13)4-5-11(10)14-6-2-1-3-7-15/h4-5,8,14-15H,1-3,6-7,13H2. The Morgan fingerprint density at radius 3 is 2.73 bits per heavy atom. The van der Waals surface area contributed by atoms with Crippen molar-refractivity contribution in [2.75, 3.05) is 24.2 Å². The SMILES string of the molecule is Nc1ccc(NCCCCCO)c(Br)c1. The van der Waals surface area contributed by atoms with Crippen LogP contribution in [0, 0.1) is 0 Å². The van der Waals surface area contributed by atoms with Gasteiger partial charge >= 0.3 is 0 Å². The molecule has 1 rings (SSSR count). The van der Waals surface area contributed by atoms with Crippen molar-refractivity contribution >= 4 is 27.3 Å². The summed E-state index contributed by atoms with van der Waals surface area (Å²) in [4.78, 5) is 0. The Labute approximate surface area is 98.8 Å². The van der Waals surface area contributed by atoms with Gasteiger partial charge < -0.3 is 16.2 Å². The molecule has 0 atom stereocenters. The summed E-state index contributed by atoms with van der Waals surface area (Å²) in [5.41, 5.74) is 7.46. The third-order valence-electron chi connectivity index (χ3n) is 2.14. The molecule has 0 aromatic heterocycles. The van der Waals surface area contributed by atoms with E-state index in [9.17, 15) is 0 Å². The van der Waals surface area contributed by atoms with Crippen LogP contribution >= 0.6 is 15.9 Å². The Kier molecular flexibility index (Phi) is 5.50. The molecule has 0 bridgehead atoms. The van der Waals surface area contributed by atoms with Crippen molar-refractivity contribution in [2.45, 2.75) is 19.3 Å². The van der Waals surface area contributed by atoms with Gasteiger partial charge in [0.25, 0.3) is 0 Å². The molecule has 0 unspecified atom stereocenters. The number of halogens is 1. The lowest BCUT2D eigenvalue weighted by atomic mass is 10.2. The fourth-order valence-corrected chi connectivity index (χ4v) is 1.85. The van der Waals surface area contributed by atoms with Gasteiger partial charge in [-0.3, -0.25) is 0 Å². The van der Waals surface area contributed by atoms with Crippen LogP contribution in [0.5, 0.6) is 0 Å². The van der Waals surface area contributed by atoms with Crippen molar-refractivity contribution in [1.82, 2.24) is 0 Å². The molecule has 4 N–H and O–H groups in total. The third-order valence-corrected chi connectivity index (χ3v) is 2.80. The highest BCUT2D eigenvalue weighted by Crippen LogP contribution is 2.24. The molecule has 1 aromatic carbocycles. The van der Waals surface area contributed by atoms with Crippen molar-refractivity contribution in [2.24, 2.45) is 0 Å². The molecular formula is C11H17BrN2O. The van der Waals surface area contributed by atoms with Gasteiger partial charge in [-0.25, -0.2) is 0 Å². The summed E-state index contributed by atoms with van der Waals surface area (Å²) >= 11 is 3.45. The molecule has 0 aliphatic rings. The molecule has 84 valence electrons. The minimum absolute atomic E-state index is 0.283. The van der Waals surface area contributed by atoms with Gasteiger partial charge in [-0.15, -0.1) is 0 Å². The van der Waals surface area contributed by atoms with Crippen molar-refractivity contribution in [1.29, 1.82) is 0 Å². The van der Waals surface area contributed by atoms with E-state index < -0.39 is 0 Å².